The molecular weight excluding hydrogens is 348 g/mol. The Balaban J connectivity index is 1.54. The van der Waals surface area contributed by atoms with Gasteiger partial charge in [-0.05, 0) is 45.4 Å². The first-order valence-corrected chi connectivity index (χ1v) is 12.1. The van der Waals surface area contributed by atoms with E-state index in [9.17, 15) is 4.79 Å². The Labute approximate surface area is 173 Å². The summed E-state index contributed by atoms with van der Waals surface area (Å²) in [5, 5.41) is 0. The van der Waals surface area contributed by atoms with Gasteiger partial charge in [0.25, 0.3) is 0 Å². The summed E-state index contributed by atoms with van der Waals surface area (Å²) >= 11 is 0. The largest absolute Gasteiger partial charge is 0.444 e. The number of carbonyl (C=O) groups is 1. The van der Waals surface area contributed by atoms with Gasteiger partial charge in [0.2, 0.25) is 0 Å². The monoisotopic (exact) mass is 392 g/mol. The SMILES string of the molecule is CC(C)(C)OC(=O)N1CCN(C(CC2CCCCC2)CC2CCCCC2)CC1. The molecule has 3 rings (SSSR count). The average molecular weight is 393 g/mol. The van der Waals surface area contributed by atoms with Gasteiger partial charge in [0.1, 0.15) is 5.60 Å². The number of amides is 1. The van der Waals surface area contributed by atoms with Gasteiger partial charge < -0.3 is 9.64 Å². The van der Waals surface area contributed by atoms with E-state index in [2.05, 4.69) is 4.90 Å². The van der Waals surface area contributed by atoms with Crippen LogP contribution in [-0.4, -0.2) is 53.7 Å². The molecule has 1 aliphatic heterocycles. The van der Waals surface area contributed by atoms with Crippen LogP contribution in [0.15, 0.2) is 0 Å². The Hall–Kier alpha value is -0.770. The fourth-order valence-electron chi connectivity index (χ4n) is 5.61. The maximum absolute atomic E-state index is 12.4. The lowest BCUT2D eigenvalue weighted by atomic mass is 9.79. The number of rotatable bonds is 5. The molecule has 0 spiro atoms. The van der Waals surface area contributed by atoms with Crippen molar-refractivity contribution in [1.29, 1.82) is 0 Å². The number of nitrogens with zero attached hydrogens (tertiary/aromatic N) is 2. The molecule has 162 valence electrons. The zero-order valence-corrected chi connectivity index (χ0v) is 18.8. The first-order valence-electron chi connectivity index (χ1n) is 12.1. The van der Waals surface area contributed by atoms with Crippen molar-refractivity contribution in [2.45, 2.75) is 109 Å². The highest BCUT2D eigenvalue weighted by Gasteiger charge is 2.31. The van der Waals surface area contributed by atoms with E-state index in [0.717, 1.165) is 44.1 Å². The van der Waals surface area contributed by atoms with Crippen molar-refractivity contribution in [3.05, 3.63) is 0 Å². The molecule has 0 radical (unpaired) electrons. The minimum Gasteiger partial charge on any atom is -0.444 e. The van der Waals surface area contributed by atoms with E-state index >= 15 is 0 Å². The van der Waals surface area contributed by atoms with Crippen LogP contribution in [0.25, 0.3) is 0 Å². The van der Waals surface area contributed by atoms with E-state index in [4.69, 9.17) is 4.74 Å². The summed E-state index contributed by atoms with van der Waals surface area (Å²) in [4.78, 5) is 17.1. The van der Waals surface area contributed by atoms with Crippen LogP contribution in [0.2, 0.25) is 0 Å². The molecule has 0 unspecified atom stereocenters. The van der Waals surface area contributed by atoms with Gasteiger partial charge in [-0.2, -0.15) is 0 Å². The highest BCUT2D eigenvalue weighted by atomic mass is 16.6. The van der Waals surface area contributed by atoms with Crippen LogP contribution in [0.1, 0.15) is 97.8 Å². The van der Waals surface area contributed by atoms with Crippen LogP contribution < -0.4 is 0 Å². The van der Waals surface area contributed by atoms with E-state index < -0.39 is 5.60 Å². The van der Waals surface area contributed by atoms with Crippen molar-refractivity contribution in [2.24, 2.45) is 11.8 Å². The Morgan fingerprint density at radius 3 is 1.71 bits per heavy atom. The molecule has 3 fully saturated rings. The predicted octanol–water partition coefficient (Wildman–Crippen LogP) is 5.85. The summed E-state index contributed by atoms with van der Waals surface area (Å²) in [5.74, 6) is 1.87. The van der Waals surface area contributed by atoms with Crippen molar-refractivity contribution >= 4 is 6.09 Å². The van der Waals surface area contributed by atoms with Gasteiger partial charge in [-0.15, -0.1) is 0 Å². The van der Waals surface area contributed by atoms with Gasteiger partial charge in [-0.1, -0.05) is 64.2 Å². The molecule has 4 nitrogen and oxygen atoms in total. The third kappa shape index (κ3) is 6.93. The van der Waals surface area contributed by atoms with Gasteiger partial charge in [0.15, 0.2) is 0 Å². The zero-order chi connectivity index (χ0) is 20.0. The molecule has 1 amide bonds. The molecule has 0 N–H and O–H groups in total. The molecular formula is C24H44N2O2. The van der Waals surface area contributed by atoms with E-state index in [1.807, 2.05) is 25.7 Å². The molecule has 1 saturated heterocycles. The number of hydrogen-bond donors (Lipinski definition) is 0. The third-order valence-corrected chi connectivity index (χ3v) is 7.14. The summed E-state index contributed by atoms with van der Waals surface area (Å²) in [6, 6.07) is 0.729. The fourth-order valence-corrected chi connectivity index (χ4v) is 5.61. The predicted molar refractivity (Wildman–Crippen MR) is 116 cm³/mol. The summed E-state index contributed by atoms with van der Waals surface area (Å²) < 4.78 is 5.58. The van der Waals surface area contributed by atoms with Gasteiger partial charge in [-0.25, -0.2) is 4.79 Å². The van der Waals surface area contributed by atoms with E-state index in [1.54, 1.807) is 0 Å². The van der Waals surface area contributed by atoms with Crippen LogP contribution in [-0.2, 0) is 4.74 Å². The molecule has 1 heterocycles. The van der Waals surface area contributed by atoms with Gasteiger partial charge in [-0.3, -0.25) is 4.90 Å². The van der Waals surface area contributed by atoms with Crippen molar-refractivity contribution < 1.29 is 9.53 Å². The van der Waals surface area contributed by atoms with E-state index in [-0.39, 0.29) is 6.09 Å². The first kappa shape index (κ1) is 21.9. The van der Waals surface area contributed by atoms with Crippen molar-refractivity contribution in [3.8, 4) is 0 Å². The van der Waals surface area contributed by atoms with Crippen LogP contribution in [0.4, 0.5) is 4.79 Å². The Morgan fingerprint density at radius 1 is 0.821 bits per heavy atom. The molecule has 28 heavy (non-hydrogen) atoms. The Bertz CT molecular complexity index is 447. The number of carbonyl (C=O) groups excluding carboxylic acids is 1. The topological polar surface area (TPSA) is 32.8 Å². The van der Waals surface area contributed by atoms with Crippen LogP contribution >= 0.6 is 0 Å². The molecule has 2 saturated carbocycles. The van der Waals surface area contributed by atoms with Gasteiger partial charge in [0.05, 0.1) is 0 Å². The highest BCUT2D eigenvalue weighted by molar-refractivity contribution is 5.68. The first-order chi connectivity index (χ1) is 13.4. The van der Waals surface area contributed by atoms with Crippen molar-refractivity contribution in [2.75, 3.05) is 26.2 Å². The lowest BCUT2D eigenvalue weighted by Crippen LogP contribution is -2.53. The second kappa shape index (κ2) is 10.3. The summed E-state index contributed by atoms with van der Waals surface area (Å²) in [5.41, 5.74) is -0.404. The van der Waals surface area contributed by atoms with Gasteiger partial charge in [0, 0.05) is 32.2 Å². The van der Waals surface area contributed by atoms with Crippen LogP contribution in [0.3, 0.4) is 0 Å². The van der Waals surface area contributed by atoms with Crippen LogP contribution in [0, 0.1) is 11.8 Å². The zero-order valence-electron chi connectivity index (χ0n) is 18.8. The molecule has 0 bridgehead atoms. The van der Waals surface area contributed by atoms with E-state index in [1.165, 1.54) is 77.0 Å². The summed E-state index contributed by atoms with van der Waals surface area (Å²) in [6.07, 6.45) is 17.1. The molecule has 0 aromatic rings. The smallest absolute Gasteiger partial charge is 0.410 e. The van der Waals surface area contributed by atoms with Crippen LogP contribution in [0.5, 0.6) is 0 Å². The molecule has 2 aliphatic carbocycles. The Morgan fingerprint density at radius 2 is 1.29 bits per heavy atom. The van der Waals surface area contributed by atoms with Gasteiger partial charge >= 0.3 is 6.09 Å². The third-order valence-electron chi connectivity index (χ3n) is 7.14. The minimum absolute atomic E-state index is 0.136. The number of ether oxygens (including phenoxy) is 1. The fraction of sp³-hybridized carbons (Fsp3) is 0.958. The minimum atomic E-state index is -0.404. The molecule has 0 atom stereocenters. The van der Waals surface area contributed by atoms with Crippen molar-refractivity contribution in [1.82, 2.24) is 9.80 Å². The number of hydrogen-bond acceptors (Lipinski definition) is 3. The molecule has 3 aliphatic rings. The number of piperazine rings is 1. The highest BCUT2D eigenvalue weighted by Crippen LogP contribution is 2.34. The van der Waals surface area contributed by atoms with Crippen molar-refractivity contribution in [3.63, 3.8) is 0 Å². The maximum atomic E-state index is 12.4. The second-order valence-corrected chi connectivity index (χ2v) is 10.6. The quantitative estimate of drug-likeness (QED) is 0.588. The Kier molecular flexibility index (Phi) is 8.08. The molecule has 0 aromatic heterocycles. The normalized spacial score (nSPS) is 23.9. The summed E-state index contributed by atoms with van der Waals surface area (Å²) in [6.45, 7) is 9.52. The maximum Gasteiger partial charge on any atom is 0.410 e. The molecule has 0 aromatic carbocycles. The summed E-state index contributed by atoms with van der Waals surface area (Å²) in [7, 11) is 0. The average Bonchev–Trinajstić information content (AvgIpc) is 2.68. The standard InChI is InChI=1S/C24H44N2O2/c1-24(2,3)28-23(27)26-16-14-25(15-17-26)22(18-20-10-6-4-7-11-20)19-21-12-8-5-9-13-21/h20-22H,4-19H2,1-3H3. The van der Waals surface area contributed by atoms with E-state index in [0.29, 0.717) is 0 Å². The lowest BCUT2D eigenvalue weighted by Gasteiger charge is -2.42. The second-order valence-electron chi connectivity index (χ2n) is 10.6. The molecule has 4 heteroatoms. The lowest BCUT2D eigenvalue weighted by molar-refractivity contribution is 0.00640.